The zero-order valence-corrected chi connectivity index (χ0v) is 29.7. The van der Waals surface area contributed by atoms with Crippen molar-refractivity contribution in [2.75, 3.05) is 0 Å². The van der Waals surface area contributed by atoms with E-state index in [0.717, 1.165) is 28.1 Å². The molecule has 0 unspecified atom stereocenters. The van der Waals surface area contributed by atoms with Gasteiger partial charge in [0.25, 0.3) is 0 Å². The van der Waals surface area contributed by atoms with E-state index in [4.69, 9.17) is 9.97 Å². The van der Waals surface area contributed by atoms with Crippen molar-refractivity contribution in [1.82, 2.24) is 9.97 Å². The first-order chi connectivity index (χ1) is 26.0. The smallest absolute Gasteiger partial charge is 0.160 e. The maximum absolute atomic E-state index is 5.29. The van der Waals surface area contributed by atoms with Crippen molar-refractivity contribution in [1.29, 1.82) is 0 Å². The second kappa shape index (κ2) is 12.3. The van der Waals surface area contributed by atoms with E-state index >= 15 is 0 Å². The zero-order valence-electron chi connectivity index (χ0n) is 29.7. The van der Waals surface area contributed by atoms with Crippen LogP contribution in [0.2, 0.25) is 0 Å². The minimum atomic E-state index is -0.0221. The Bertz CT molecular complexity index is 2850. The van der Waals surface area contributed by atoms with Crippen molar-refractivity contribution in [2.24, 2.45) is 0 Å². The summed E-state index contributed by atoms with van der Waals surface area (Å²) in [5.74, 6) is 0.707. The van der Waals surface area contributed by atoms with Gasteiger partial charge in [-0.15, -0.1) is 0 Å². The quantitative estimate of drug-likeness (QED) is 0.181. The highest BCUT2D eigenvalue weighted by molar-refractivity contribution is 6.05. The summed E-state index contributed by atoms with van der Waals surface area (Å²) in [6.07, 6.45) is 0. The molecule has 9 aromatic rings. The van der Waals surface area contributed by atoms with Crippen LogP contribution in [0.25, 0.3) is 88.8 Å². The van der Waals surface area contributed by atoms with Crippen molar-refractivity contribution in [3.8, 4) is 67.3 Å². The van der Waals surface area contributed by atoms with E-state index in [1.807, 2.05) is 6.07 Å². The molecule has 2 heteroatoms. The second-order valence-corrected chi connectivity index (χ2v) is 14.6. The predicted molar refractivity (Wildman–Crippen MR) is 222 cm³/mol. The molecule has 2 nitrogen and oxygen atoms in total. The average molecular weight is 677 g/mol. The SMILES string of the molecule is CC1(C)c2ccccc2-c2cc(-c3ccc(-c4cc(-c5ccc6ccccc6c5)nc(-c5ccc(-c6ccccc6)cc5)n4)c4ccccc34)ccc21. The summed E-state index contributed by atoms with van der Waals surface area (Å²) in [5, 5.41) is 4.77. The normalized spacial score (nSPS) is 12.9. The number of nitrogens with zero attached hydrogens (tertiary/aromatic N) is 2. The number of rotatable bonds is 5. The monoisotopic (exact) mass is 676 g/mol. The summed E-state index contributed by atoms with van der Waals surface area (Å²) < 4.78 is 0. The molecule has 0 N–H and O–H groups in total. The number of hydrogen-bond acceptors (Lipinski definition) is 2. The maximum Gasteiger partial charge on any atom is 0.160 e. The maximum atomic E-state index is 5.29. The van der Waals surface area contributed by atoms with Gasteiger partial charge in [0.15, 0.2) is 5.82 Å². The van der Waals surface area contributed by atoms with E-state index in [2.05, 4.69) is 190 Å². The Morgan fingerprint density at radius 2 is 0.925 bits per heavy atom. The Balaban J connectivity index is 1.13. The predicted octanol–water partition coefficient (Wildman–Crippen LogP) is 13.4. The van der Waals surface area contributed by atoms with Gasteiger partial charge in [-0.1, -0.05) is 178 Å². The van der Waals surface area contributed by atoms with E-state index in [1.54, 1.807) is 0 Å². The Morgan fingerprint density at radius 3 is 1.75 bits per heavy atom. The zero-order chi connectivity index (χ0) is 35.5. The molecule has 0 aliphatic heterocycles. The lowest BCUT2D eigenvalue weighted by molar-refractivity contribution is 0.660. The topological polar surface area (TPSA) is 25.8 Å². The molecule has 0 saturated carbocycles. The van der Waals surface area contributed by atoms with E-state index < -0.39 is 0 Å². The van der Waals surface area contributed by atoms with Gasteiger partial charge < -0.3 is 0 Å². The summed E-state index contributed by atoms with van der Waals surface area (Å²) in [6, 6.07) is 65.5. The molecule has 1 aliphatic carbocycles. The third-order valence-electron chi connectivity index (χ3n) is 11.1. The fourth-order valence-electron chi connectivity index (χ4n) is 8.32. The van der Waals surface area contributed by atoms with Gasteiger partial charge in [0, 0.05) is 22.1 Å². The van der Waals surface area contributed by atoms with E-state index in [1.165, 1.54) is 66.1 Å². The van der Waals surface area contributed by atoms with Gasteiger partial charge in [-0.2, -0.15) is 0 Å². The summed E-state index contributed by atoms with van der Waals surface area (Å²) in [7, 11) is 0. The van der Waals surface area contributed by atoms with Gasteiger partial charge in [0.05, 0.1) is 11.4 Å². The Hall–Kier alpha value is -6.64. The summed E-state index contributed by atoms with van der Waals surface area (Å²) >= 11 is 0. The molecule has 53 heavy (non-hydrogen) atoms. The van der Waals surface area contributed by atoms with E-state index in [-0.39, 0.29) is 5.41 Å². The van der Waals surface area contributed by atoms with Crippen LogP contribution in [0.1, 0.15) is 25.0 Å². The molecule has 1 heterocycles. The molecule has 0 radical (unpaired) electrons. The molecule has 8 aromatic carbocycles. The molecule has 0 fully saturated rings. The number of hydrogen-bond donors (Lipinski definition) is 0. The summed E-state index contributed by atoms with van der Waals surface area (Å²) in [4.78, 5) is 10.5. The lowest BCUT2D eigenvalue weighted by atomic mass is 9.82. The molecule has 0 amide bonds. The van der Waals surface area contributed by atoms with Crippen LogP contribution in [-0.4, -0.2) is 9.97 Å². The van der Waals surface area contributed by atoms with Crippen LogP contribution in [0.3, 0.4) is 0 Å². The Morgan fingerprint density at radius 1 is 0.340 bits per heavy atom. The number of aromatic nitrogens is 2. The van der Waals surface area contributed by atoms with Gasteiger partial charge in [0.1, 0.15) is 0 Å². The molecule has 10 rings (SSSR count). The van der Waals surface area contributed by atoms with E-state index in [9.17, 15) is 0 Å². The highest BCUT2D eigenvalue weighted by atomic mass is 14.9. The van der Waals surface area contributed by atoms with Crippen LogP contribution in [0.4, 0.5) is 0 Å². The molecule has 250 valence electrons. The van der Waals surface area contributed by atoms with Crippen LogP contribution < -0.4 is 0 Å². The van der Waals surface area contributed by atoms with Crippen LogP contribution in [0.15, 0.2) is 182 Å². The van der Waals surface area contributed by atoms with Gasteiger partial charge in [-0.25, -0.2) is 9.97 Å². The van der Waals surface area contributed by atoms with E-state index in [0.29, 0.717) is 5.82 Å². The van der Waals surface area contributed by atoms with Crippen LogP contribution in [0, 0.1) is 0 Å². The third-order valence-corrected chi connectivity index (χ3v) is 11.1. The van der Waals surface area contributed by atoms with Gasteiger partial charge in [-0.05, 0) is 84.3 Å². The van der Waals surface area contributed by atoms with Crippen LogP contribution in [-0.2, 0) is 5.41 Å². The van der Waals surface area contributed by atoms with Crippen molar-refractivity contribution >= 4 is 21.5 Å². The largest absolute Gasteiger partial charge is 0.228 e. The van der Waals surface area contributed by atoms with Crippen molar-refractivity contribution < 1.29 is 0 Å². The fraction of sp³-hybridized carbons (Fsp3) is 0.0588. The Kier molecular flexibility index (Phi) is 7.19. The lowest BCUT2D eigenvalue weighted by Gasteiger charge is -2.21. The number of fused-ring (bicyclic) bond motifs is 5. The van der Waals surface area contributed by atoms with Crippen LogP contribution in [0.5, 0.6) is 0 Å². The summed E-state index contributed by atoms with van der Waals surface area (Å²) in [6.45, 7) is 4.67. The first kappa shape index (κ1) is 31.1. The molecule has 1 aliphatic rings. The third kappa shape index (κ3) is 5.26. The van der Waals surface area contributed by atoms with Gasteiger partial charge >= 0.3 is 0 Å². The molecule has 0 atom stereocenters. The first-order valence-electron chi connectivity index (χ1n) is 18.3. The molecule has 0 saturated heterocycles. The second-order valence-electron chi connectivity index (χ2n) is 14.6. The van der Waals surface area contributed by atoms with Crippen molar-refractivity contribution in [3.05, 3.63) is 193 Å². The van der Waals surface area contributed by atoms with Gasteiger partial charge in [-0.3, -0.25) is 0 Å². The average Bonchev–Trinajstić information content (AvgIpc) is 3.45. The number of benzene rings is 8. The van der Waals surface area contributed by atoms with Crippen LogP contribution >= 0.6 is 0 Å². The lowest BCUT2D eigenvalue weighted by Crippen LogP contribution is -2.14. The van der Waals surface area contributed by atoms with Crippen molar-refractivity contribution in [2.45, 2.75) is 19.3 Å². The van der Waals surface area contributed by atoms with Crippen molar-refractivity contribution in [3.63, 3.8) is 0 Å². The highest BCUT2D eigenvalue weighted by Gasteiger charge is 2.35. The molecular weight excluding hydrogens is 641 g/mol. The minimum absolute atomic E-state index is 0.0221. The Labute approximate surface area is 310 Å². The molecule has 0 spiro atoms. The summed E-state index contributed by atoms with van der Waals surface area (Å²) in [5.41, 5.74) is 15.1. The molecular formula is C51H36N2. The first-order valence-corrected chi connectivity index (χ1v) is 18.3. The molecule has 1 aromatic heterocycles. The molecule has 0 bridgehead atoms. The van der Waals surface area contributed by atoms with Gasteiger partial charge in [0.2, 0.25) is 0 Å². The standard InChI is InChI=1S/C51H36N2/c1-51(2)46-19-11-10-18-43(46)45-31-38(26-29-47(45)51)40-27-28-44(42-17-9-8-16-41(40)42)49-32-48(39-25-22-34-14-6-7-15-37(34)30-39)52-50(53-49)36-23-20-35(21-24-36)33-12-4-3-5-13-33/h3-32H,1-2H3. The fourth-order valence-corrected chi connectivity index (χ4v) is 8.32. The minimum Gasteiger partial charge on any atom is -0.228 e. The highest BCUT2D eigenvalue weighted by Crippen LogP contribution is 2.50.